The third kappa shape index (κ3) is 13.7. The number of aliphatic carboxylic acids is 3. The van der Waals surface area contributed by atoms with Crippen LogP contribution >= 0.6 is 7.92 Å². The van der Waals surface area contributed by atoms with Crippen molar-refractivity contribution in [2.24, 2.45) is 0 Å². The zero-order chi connectivity index (χ0) is 19.2. The highest BCUT2D eigenvalue weighted by Gasteiger charge is 2.29. The van der Waals surface area contributed by atoms with E-state index in [0.717, 1.165) is 25.9 Å². The Hall–Kier alpha value is -1.24. The predicted octanol–water partition coefficient (Wildman–Crippen LogP) is 1.19. The normalized spacial score (nSPS) is 12.5. The van der Waals surface area contributed by atoms with Gasteiger partial charge in [-0.1, -0.05) is 6.42 Å². The lowest BCUT2D eigenvalue weighted by Gasteiger charge is -2.26. The zero-order valence-corrected chi connectivity index (χ0v) is 16.0. The largest absolute Gasteiger partial charge is 0.481 e. The van der Waals surface area contributed by atoms with E-state index in [1.165, 1.54) is 17.5 Å². The van der Waals surface area contributed by atoms with Gasteiger partial charge in [-0.05, 0) is 58.4 Å². The standard InChI is InChI=1S/C16H31N2O6P/c1-25(2)10-6-8-17-7-4-3-5-9-18(12-15(21)22)13(16(23)24)11-14(19)20/h13,17H,3-12H2,1-2H3,(H,19,20)(H,21,22)(H,23,24). The summed E-state index contributed by atoms with van der Waals surface area (Å²) in [6, 6.07) is -1.32. The van der Waals surface area contributed by atoms with Crippen LogP contribution in [0.3, 0.4) is 0 Å². The van der Waals surface area contributed by atoms with Crippen LogP contribution in [0, 0.1) is 0 Å². The molecule has 4 N–H and O–H groups in total. The third-order valence-electron chi connectivity index (χ3n) is 3.69. The molecule has 0 aliphatic carbocycles. The van der Waals surface area contributed by atoms with E-state index in [4.69, 9.17) is 15.3 Å². The highest BCUT2D eigenvalue weighted by Crippen LogP contribution is 2.24. The first-order valence-corrected chi connectivity index (χ1v) is 10.9. The summed E-state index contributed by atoms with van der Waals surface area (Å²) in [6.07, 6.45) is 4.20. The molecule has 1 unspecified atom stereocenters. The third-order valence-corrected chi connectivity index (χ3v) is 4.90. The molecule has 0 saturated heterocycles. The van der Waals surface area contributed by atoms with Crippen molar-refractivity contribution in [1.82, 2.24) is 10.2 Å². The Kier molecular flexibility index (Phi) is 13.3. The van der Waals surface area contributed by atoms with E-state index in [1.807, 2.05) is 0 Å². The number of unbranched alkanes of at least 4 members (excludes halogenated alkanes) is 2. The van der Waals surface area contributed by atoms with Crippen molar-refractivity contribution < 1.29 is 29.7 Å². The lowest BCUT2D eigenvalue weighted by Crippen LogP contribution is -2.45. The molecule has 9 heteroatoms. The number of carboxylic acids is 3. The summed E-state index contributed by atoms with van der Waals surface area (Å²) in [5.41, 5.74) is 0. The lowest BCUT2D eigenvalue weighted by atomic mass is 10.1. The van der Waals surface area contributed by atoms with E-state index in [2.05, 4.69) is 18.6 Å². The van der Waals surface area contributed by atoms with Gasteiger partial charge in [0.2, 0.25) is 0 Å². The molecular weight excluding hydrogens is 347 g/mol. The molecule has 0 bridgehead atoms. The molecule has 0 fully saturated rings. The van der Waals surface area contributed by atoms with E-state index in [0.29, 0.717) is 6.42 Å². The monoisotopic (exact) mass is 378 g/mol. The molecule has 146 valence electrons. The van der Waals surface area contributed by atoms with E-state index in [9.17, 15) is 14.4 Å². The Bertz CT molecular complexity index is 419. The fourth-order valence-corrected chi connectivity index (χ4v) is 3.23. The number of hydrogen-bond acceptors (Lipinski definition) is 5. The molecule has 8 nitrogen and oxygen atoms in total. The summed E-state index contributed by atoms with van der Waals surface area (Å²) in [7, 11) is 0.153. The van der Waals surface area contributed by atoms with Crippen LogP contribution in [-0.2, 0) is 14.4 Å². The fourth-order valence-electron chi connectivity index (χ4n) is 2.44. The van der Waals surface area contributed by atoms with E-state index in [1.54, 1.807) is 0 Å². The minimum absolute atomic E-state index is 0.153. The van der Waals surface area contributed by atoms with Crippen LogP contribution in [0.2, 0.25) is 0 Å². The summed E-state index contributed by atoms with van der Waals surface area (Å²) in [5, 5.41) is 30.3. The Morgan fingerprint density at radius 3 is 2.12 bits per heavy atom. The molecule has 0 spiro atoms. The highest BCUT2D eigenvalue weighted by atomic mass is 31.1. The van der Waals surface area contributed by atoms with E-state index < -0.39 is 36.9 Å². The summed E-state index contributed by atoms with van der Waals surface area (Å²) in [4.78, 5) is 34.2. The maximum Gasteiger partial charge on any atom is 0.321 e. The Labute approximate surface area is 150 Å². The molecule has 0 radical (unpaired) electrons. The highest BCUT2D eigenvalue weighted by molar-refractivity contribution is 7.55. The maximum atomic E-state index is 11.2. The summed E-state index contributed by atoms with van der Waals surface area (Å²) >= 11 is 0. The average Bonchev–Trinajstić information content (AvgIpc) is 2.48. The zero-order valence-electron chi connectivity index (χ0n) is 15.1. The van der Waals surface area contributed by atoms with Gasteiger partial charge in [-0.25, -0.2) is 0 Å². The van der Waals surface area contributed by atoms with Gasteiger partial charge in [0.15, 0.2) is 0 Å². The minimum atomic E-state index is -1.32. The van der Waals surface area contributed by atoms with Crippen molar-refractivity contribution in [3.8, 4) is 0 Å². The second kappa shape index (κ2) is 14.0. The maximum absolute atomic E-state index is 11.2. The van der Waals surface area contributed by atoms with Gasteiger partial charge in [-0.3, -0.25) is 19.3 Å². The minimum Gasteiger partial charge on any atom is -0.481 e. The quantitative estimate of drug-likeness (QED) is 0.233. The summed E-state index contributed by atoms with van der Waals surface area (Å²) < 4.78 is 0. The Balaban J connectivity index is 4.13. The molecule has 25 heavy (non-hydrogen) atoms. The average molecular weight is 378 g/mol. The second-order valence-corrected chi connectivity index (χ2v) is 8.89. The van der Waals surface area contributed by atoms with Gasteiger partial charge in [0, 0.05) is 0 Å². The number of nitrogens with one attached hydrogen (secondary N) is 1. The first-order valence-electron chi connectivity index (χ1n) is 8.50. The van der Waals surface area contributed by atoms with Gasteiger partial charge in [0.1, 0.15) is 6.04 Å². The second-order valence-electron chi connectivity index (χ2n) is 6.28. The first-order chi connectivity index (χ1) is 11.7. The van der Waals surface area contributed by atoms with Crippen molar-refractivity contribution in [2.75, 3.05) is 45.7 Å². The molecule has 0 aromatic carbocycles. The van der Waals surface area contributed by atoms with Crippen molar-refractivity contribution in [1.29, 1.82) is 0 Å². The summed E-state index contributed by atoms with van der Waals surface area (Å²) in [6.45, 7) is 6.17. The van der Waals surface area contributed by atoms with Gasteiger partial charge in [-0.2, -0.15) is 0 Å². The van der Waals surface area contributed by atoms with Gasteiger partial charge >= 0.3 is 17.9 Å². The van der Waals surface area contributed by atoms with Crippen molar-refractivity contribution in [3.63, 3.8) is 0 Å². The first kappa shape index (κ1) is 23.8. The smallest absolute Gasteiger partial charge is 0.321 e. The number of carboxylic acid groups (broad SMARTS) is 3. The van der Waals surface area contributed by atoms with Crippen molar-refractivity contribution in [2.45, 2.75) is 38.1 Å². The molecule has 0 aromatic heterocycles. The molecule has 0 aromatic rings. The van der Waals surface area contributed by atoms with Gasteiger partial charge < -0.3 is 20.6 Å². The van der Waals surface area contributed by atoms with Crippen LogP contribution in [0.1, 0.15) is 32.1 Å². The topological polar surface area (TPSA) is 127 Å². The number of carbonyl (C=O) groups is 3. The molecular formula is C16H31N2O6P. The van der Waals surface area contributed by atoms with Gasteiger partial charge in [0.05, 0.1) is 13.0 Å². The molecule has 1 atom stereocenters. The van der Waals surface area contributed by atoms with E-state index in [-0.39, 0.29) is 14.5 Å². The molecule has 0 amide bonds. The number of nitrogens with zero attached hydrogens (tertiary/aromatic N) is 1. The van der Waals surface area contributed by atoms with Crippen molar-refractivity contribution >= 4 is 25.8 Å². The molecule has 0 aliphatic rings. The van der Waals surface area contributed by atoms with Crippen LogP contribution in [0.4, 0.5) is 0 Å². The predicted molar refractivity (Wildman–Crippen MR) is 97.9 cm³/mol. The SMILES string of the molecule is CP(C)CCCNCCCCCN(CC(=O)O)C(CC(=O)O)C(=O)O. The van der Waals surface area contributed by atoms with Crippen LogP contribution < -0.4 is 5.32 Å². The number of hydrogen-bond donors (Lipinski definition) is 4. The van der Waals surface area contributed by atoms with Crippen LogP contribution in [-0.4, -0.2) is 89.8 Å². The molecule has 0 aliphatic heterocycles. The van der Waals surface area contributed by atoms with E-state index >= 15 is 0 Å². The molecule has 0 heterocycles. The van der Waals surface area contributed by atoms with Gasteiger partial charge in [-0.15, -0.1) is 7.92 Å². The number of rotatable bonds is 16. The Morgan fingerprint density at radius 2 is 1.60 bits per heavy atom. The van der Waals surface area contributed by atoms with Gasteiger partial charge in [0.25, 0.3) is 0 Å². The van der Waals surface area contributed by atoms with Crippen LogP contribution in [0.15, 0.2) is 0 Å². The molecule has 0 rings (SSSR count). The van der Waals surface area contributed by atoms with Crippen LogP contribution in [0.5, 0.6) is 0 Å². The van der Waals surface area contributed by atoms with Crippen molar-refractivity contribution in [3.05, 3.63) is 0 Å². The molecule has 0 saturated carbocycles. The Morgan fingerprint density at radius 1 is 0.960 bits per heavy atom. The fraction of sp³-hybridized carbons (Fsp3) is 0.812. The lowest BCUT2D eigenvalue weighted by molar-refractivity contribution is -0.152. The van der Waals surface area contributed by atoms with Crippen LogP contribution in [0.25, 0.3) is 0 Å². The summed E-state index contributed by atoms with van der Waals surface area (Å²) in [5.74, 6) is -3.72.